The lowest BCUT2D eigenvalue weighted by atomic mass is 10.3. The van der Waals surface area contributed by atoms with Crippen molar-refractivity contribution in [2.24, 2.45) is 0 Å². The highest BCUT2D eigenvalue weighted by Crippen LogP contribution is 2.25. The average Bonchev–Trinajstić information content (AvgIpc) is 2.35. The SMILES string of the molecule is Nc1nccn1CC(F)(F)C(F)F. The van der Waals surface area contributed by atoms with Gasteiger partial charge in [-0.05, 0) is 0 Å². The van der Waals surface area contributed by atoms with Crippen molar-refractivity contribution in [2.75, 3.05) is 5.73 Å². The van der Waals surface area contributed by atoms with Crippen molar-refractivity contribution >= 4 is 5.95 Å². The molecule has 2 N–H and O–H groups in total. The second kappa shape index (κ2) is 3.23. The number of hydrogen-bond acceptors (Lipinski definition) is 2. The zero-order valence-corrected chi connectivity index (χ0v) is 6.42. The van der Waals surface area contributed by atoms with Gasteiger partial charge in [-0.25, -0.2) is 13.8 Å². The fraction of sp³-hybridized carbons (Fsp3) is 0.500. The van der Waals surface area contributed by atoms with E-state index in [9.17, 15) is 17.6 Å². The number of nitrogens with two attached hydrogens (primary N) is 1. The van der Waals surface area contributed by atoms with E-state index in [1.165, 1.54) is 0 Å². The number of alkyl halides is 4. The highest BCUT2D eigenvalue weighted by molar-refractivity contribution is 5.16. The Hall–Kier alpha value is -1.27. The first-order chi connectivity index (χ1) is 5.93. The van der Waals surface area contributed by atoms with Crippen molar-refractivity contribution < 1.29 is 17.6 Å². The lowest BCUT2D eigenvalue weighted by Crippen LogP contribution is -2.32. The van der Waals surface area contributed by atoms with Gasteiger partial charge < -0.3 is 10.3 Å². The minimum Gasteiger partial charge on any atom is -0.369 e. The molecule has 0 aromatic carbocycles. The van der Waals surface area contributed by atoms with Crippen molar-refractivity contribution in [3.8, 4) is 0 Å². The number of nitrogen functional groups attached to an aromatic ring is 1. The lowest BCUT2D eigenvalue weighted by molar-refractivity contribution is -0.137. The molecular weight excluding hydrogens is 190 g/mol. The molecule has 74 valence electrons. The molecule has 0 unspecified atom stereocenters. The minimum absolute atomic E-state index is 0.208. The quantitative estimate of drug-likeness (QED) is 0.743. The van der Waals surface area contributed by atoms with Gasteiger partial charge in [-0.15, -0.1) is 0 Å². The Balaban J connectivity index is 2.74. The van der Waals surface area contributed by atoms with Crippen LogP contribution in [0.5, 0.6) is 0 Å². The van der Waals surface area contributed by atoms with E-state index in [1.54, 1.807) is 0 Å². The molecule has 13 heavy (non-hydrogen) atoms. The molecule has 0 aliphatic rings. The van der Waals surface area contributed by atoms with Crippen LogP contribution in [0.3, 0.4) is 0 Å². The van der Waals surface area contributed by atoms with Crippen LogP contribution in [0, 0.1) is 0 Å². The third-order valence-corrected chi connectivity index (χ3v) is 1.45. The van der Waals surface area contributed by atoms with E-state index in [2.05, 4.69) is 4.98 Å². The molecule has 3 nitrogen and oxygen atoms in total. The van der Waals surface area contributed by atoms with Crippen LogP contribution in [-0.4, -0.2) is 21.9 Å². The molecule has 1 rings (SSSR count). The smallest absolute Gasteiger partial charge is 0.324 e. The molecule has 0 atom stereocenters. The summed E-state index contributed by atoms with van der Waals surface area (Å²) >= 11 is 0. The van der Waals surface area contributed by atoms with Gasteiger partial charge in [0.1, 0.15) is 0 Å². The van der Waals surface area contributed by atoms with Crippen molar-refractivity contribution in [2.45, 2.75) is 18.9 Å². The fourth-order valence-electron chi connectivity index (χ4n) is 0.771. The first-order valence-electron chi connectivity index (χ1n) is 3.36. The van der Waals surface area contributed by atoms with Crippen LogP contribution in [-0.2, 0) is 6.54 Å². The Morgan fingerprint density at radius 3 is 2.54 bits per heavy atom. The topological polar surface area (TPSA) is 43.8 Å². The summed E-state index contributed by atoms with van der Waals surface area (Å²) in [5.74, 6) is -4.28. The van der Waals surface area contributed by atoms with Gasteiger partial charge in [0, 0.05) is 12.4 Å². The first kappa shape index (κ1) is 9.82. The molecular formula is C6H7F4N3. The molecule has 1 aromatic rings. The van der Waals surface area contributed by atoms with E-state index in [4.69, 9.17) is 5.73 Å². The molecule has 0 saturated carbocycles. The van der Waals surface area contributed by atoms with E-state index in [0.29, 0.717) is 0 Å². The lowest BCUT2D eigenvalue weighted by Gasteiger charge is -2.15. The molecule has 0 aliphatic carbocycles. The summed E-state index contributed by atoms with van der Waals surface area (Å²) in [4.78, 5) is 3.42. The summed E-state index contributed by atoms with van der Waals surface area (Å²) in [6.45, 7) is -1.16. The Morgan fingerprint density at radius 1 is 1.54 bits per heavy atom. The molecule has 0 saturated heterocycles. The summed E-state index contributed by atoms with van der Waals surface area (Å²) in [5.41, 5.74) is 5.12. The molecule has 1 aromatic heterocycles. The van der Waals surface area contributed by atoms with Gasteiger partial charge in [-0.2, -0.15) is 8.78 Å². The van der Waals surface area contributed by atoms with Gasteiger partial charge in [0.15, 0.2) is 5.95 Å². The standard InChI is InChI=1S/C6H7F4N3/c7-4(8)6(9,10)3-13-2-1-12-5(13)11/h1-2,4H,3H2,(H2,11,12). The van der Waals surface area contributed by atoms with Gasteiger partial charge in [0.05, 0.1) is 6.54 Å². The fourth-order valence-corrected chi connectivity index (χ4v) is 0.771. The van der Waals surface area contributed by atoms with E-state index in [0.717, 1.165) is 17.0 Å². The van der Waals surface area contributed by atoms with E-state index in [-0.39, 0.29) is 5.95 Å². The number of halogens is 4. The average molecular weight is 197 g/mol. The zero-order chi connectivity index (χ0) is 10.1. The van der Waals surface area contributed by atoms with E-state index >= 15 is 0 Å². The van der Waals surface area contributed by atoms with Crippen LogP contribution in [0.15, 0.2) is 12.4 Å². The second-order valence-corrected chi connectivity index (χ2v) is 2.48. The minimum atomic E-state index is -4.07. The maximum Gasteiger partial charge on any atom is 0.324 e. The normalized spacial score (nSPS) is 12.4. The third-order valence-electron chi connectivity index (χ3n) is 1.45. The van der Waals surface area contributed by atoms with Gasteiger partial charge in [0.25, 0.3) is 0 Å². The Labute approximate surface area is 71.2 Å². The maximum absolute atomic E-state index is 12.4. The van der Waals surface area contributed by atoms with Gasteiger partial charge in [0.2, 0.25) is 0 Å². The van der Waals surface area contributed by atoms with Crippen LogP contribution in [0.25, 0.3) is 0 Å². The van der Waals surface area contributed by atoms with Crippen molar-refractivity contribution in [3.05, 3.63) is 12.4 Å². The summed E-state index contributed by atoms with van der Waals surface area (Å²) in [6.07, 6.45) is -1.42. The van der Waals surface area contributed by atoms with Gasteiger partial charge >= 0.3 is 12.3 Å². The molecule has 0 amide bonds. The summed E-state index contributed by atoms with van der Waals surface area (Å²) in [7, 11) is 0. The highest BCUT2D eigenvalue weighted by atomic mass is 19.3. The predicted molar refractivity (Wildman–Crippen MR) is 37.6 cm³/mol. The molecule has 0 fully saturated rings. The van der Waals surface area contributed by atoms with E-state index < -0.39 is 18.9 Å². The van der Waals surface area contributed by atoms with Crippen LogP contribution in [0.1, 0.15) is 0 Å². The van der Waals surface area contributed by atoms with Crippen molar-refractivity contribution in [1.29, 1.82) is 0 Å². The van der Waals surface area contributed by atoms with Gasteiger partial charge in [-0.1, -0.05) is 0 Å². The third kappa shape index (κ3) is 2.10. The van der Waals surface area contributed by atoms with Gasteiger partial charge in [-0.3, -0.25) is 0 Å². The largest absolute Gasteiger partial charge is 0.369 e. The zero-order valence-electron chi connectivity index (χ0n) is 6.42. The van der Waals surface area contributed by atoms with Crippen LogP contribution in [0.4, 0.5) is 23.5 Å². The number of hydrogen-bond donors (Lipinski definition) is 1. The number of aromatic nitrogens is 2. The van der Waals surface area contributed by atoms with E-state index in [1.807, 2.05) is 0 Å². The van der Waals surface area contributed by atoms with Crippen LogP contribution >= 0.6 is 0 Å². The molecule has 0 radical (unpaired) electrons. The van der Waals surface area contributed by atoms with Crippen molar-refractivity contribution in [3.63, 3.8) is 0 Å². The Bertz CT molecular complexity index is 283. The molecule has 0 spiro atoms. The number of nitrogens with zero attached hydrogens (tertiary/aromatic N) is 2. The van der Waals surface area contributed by atoms with Crippen LogP contribution in [0.2, 0.25) is 0 Å². The maximum atomic E-state index is 12.4. The second-order valence-electron chi connectivity index (χ2n) is 2.48. The van der Waals surface area contributed by atoms with Crippen LogP contribution < -0.4 is 5.73 Å². The first-order valence-corrected chi connectivity index (χ1v) is 3.36. The number of rotatable bonds is 3. The number of anilines is 1. The molecule has 1 heterocycles. The summed E-state index contributed by atoms with van der Waals surface area (Å²) < 4.78 is 49.1. The highest BCUT2D eigenvalue weighted by Gasteiger charge is 2.41. The Kier molecular flexibility index (Phi) is 2.44. The number of imidazole rings is 1. The molecule has 0 bridgehead atoms. The summed E-state index contributed by atoms with van der Waals surface area (Å²) in [6, 6.07) is 0. The van der Waals surface area contributed by atoms with Crippen molar-refractivity contribution in [1.82, 2.24) is 9.55 Å². The monoisotopic (exact) mass is 197 g/mol. The molecule has 0 aliphatic heterocycles. The predicted octanol–water partition coefficient (Wildman–Crippen LogP) is 1.37. The summed E-state index contributed by atoms with van der Waals surface area (Å²) in [5, 5.41) is 0. The Morgan fingerprint density at radius 2 is 2.15 bits per heavy atom. The molecule has 7 heteroatoms.